The summed E-state index contributed by atoms with van der Waals surface area (Å²) < 4.78 is 49.9. The molecule has 2 rings (SSSR count). The van der Waals surface area contributed by atoms with Gasteiger partial charge in [-0.2, -0.15) is 4.31 Å². The van der Waals surface area contributed by atoms with Crippen molar-refractivity contribution in [3.8, 4) is 0 Å². The highest BCUT2D eigenvalue weighted by atomic mass is 32.2. The van der Waals surface area contributed by atoms with Gasteiger partial charge in [0.25, 0.3) is 0 Å². The van der Waals surface area contributed by atoms with Crippen molar-refractivity contribution >= 4 is 25.8 Å². The van der Waals surface area contributed by atoms with Gasteiger partial charge in [-0.25, -0.2) is 21.6 Å². The fourth-order valence-electron chi connectivity index (χ4n) is 2.42. The van der Waals surface area contributed by atoms with Crippen LogP contribution in [0.15, 0.2) is 34.1 Å². The molecule has 1 aromatic rings. The number of aliphatic carboxylic acids is 1. The van der Waals surface area contributed by atoms with Gasteiger partial charge in [0.05, 0.1) is 4.90 Å². The summed E-state index contributed by atoms with van der Waals surface area (Å²) in [5.41, 5.74) is -1.96. The molecule has 0 spiro atoms. The SMILES string of the molecule is CS(=O)(=O)c1ccccc1S(=O)(=O)N1CCC(O)(C(=O)O)CC1. The highest BCUT2D eigenvalue weighted by Crippen LogP contribution is 2.29. The van der Waals surface area contributed by atoms with Gasteiger partial charge in [-0.1, -0.05) is 12.1 Å². The molecule has 1 saturated heterocycles. The van der Waals surface area contributed by atoms with E-state index in [4.69, 9.17) is 5.11 Å². The third kappa shape index (κ3) is 3.39. The molecule has 0 aliphatic carbocycles. The van der Waals surface area contributed by atoms with E-state index in [0.29, 0.717) is 0 Å². The van der Waals surface area contributed by atoms with Gasteiger partial charge in [-0.05, 0) is 12.1 Å². The molecule has 1 heterocycles. The summed E-state index contributed by atoms with van der Waals surface area (Å²) in [6.45, 7) is -0.410. The van der Waals surface area contributed by atoms with Gasteiger partial charge in [-0.15, -0.1) is 0 Å². The zero-order valence-electron chi connectivity index (χ0n) is 12.3. The summed E-state index contributed by atoms with van der Waals surface area (Å²) in [5, 5.41) is 18.8. The molecule has 23 heavy (non-hydrogen) atoms. The van der Waals surface area contributed by atoms with Crippen LogP contribution in [-0.4, -0.2) is 62.3 Å². The second kappa shape index (κ2) is 5.86. The van der Waals surface area contributed by atoms with Crippen LogP contribution in [0.5, 0.6) is 0 Å². The smallest absolute Gasteiger partial charge is 0.335 e. The summed E-state index contributed by atoms with van der Waals surface area (Å²) in [5.74, 6) is -1.40. The molecule has 128 valence electrons. The third-order valence-electron chi connectivity index (χ3n) is 3.81. The van der Waals surface area contributed by atoms with Crippen LogP contribution in [0, 0.1) is 0 Å². The Morgan fingerprint density at radius 1 is 1.09 bits per heavy atom. The zero-order valence-corrected chi connectivity index (χ0v) is 14.0. The van der Waals surface area contributed by atoms with Crippen molar-refractivity contribution in [3.05, 3.63) is 24.3 Å². The maximum Gasteiger partial charge on any atom is 0.335 e. The first-order chi connectivity index (χ1) is 10.5. The van der Waals surface area contributed by atoms with Crippen molar-refractivity contribution in [3.63, 3.8) is 0 Å². The Balaban J connectivity index is 2.37. The average molecular weight is 363 g/mol. The van der Waals surface area contributed by atoms with Crippen LogP contribution in [-0.2, 0) is 24.7 Å². The van der Waals surface area contributed by atoms with E-state index in [1.54, 1.807) is 0 Å². The number of aliphatic hydroxyl groups is 1. The summed E-state index contributed by atoms with van der Waals surface area (Å²) in [6.07, 6.45) is 0.395. The first-order valence-corrected chi connectivity index (χ1v) is 10.1. The lowest BCUT2D eigenvalue weighted by Crippen LogP contribution is -2.50. The molecule has 0 saturated carbocycles. The van der Waals surface area contributed by atoms with Crippen LogP contribution in [0.3, 0.4) is 0 Å². The molecule has 8 nitrogen and oxygen atoms in total. The van der Waals surface area contributed by atoms with Gasteiger partial charge in [0.1, 0.15) is 4.90 Å². The third-order valence-corrected chi connectivity index (χ3v) is 7.06. The van der Waals surface area contributed by atoms with Crippen molar-refractivity contribution in [1.82, 2.24) is 4.31 Å². The Morgan fingerprint density at radius 2 is 1.57 bits per heavy atom. The van der Waals surface area contributed by atoms with E-state index in [1.165, 1.54) is 24.3 Å². The molecule has 0 bridgehead atoms. The molecule has 10 heteroatoms. The van der Waals surface area contributed by atoms with Crippen molar-refractivity contribution < 1.29 is 31.8 Å². The molecule has 0 unspecified atom stereocenters. The summed E-state index contributed by atoms with van der Waals surface area (Å²) in [7, 11) is -7.84. The van der Waals surface area contributed by atoms with Gasteiger partial charge in [0, 0.05) is 32.2 Å². The number of hydrogen-bond acceptors (Lipinski definition) is 6. The highest BCUT2D eigenvalue weighted by Gasteiger charge is 2.43. The number of hydrogen-bond donors (Lipinski definition) is 2. The van der Waals surface area contributed by atoms with Gasteiger partial charge in [0.2, 0.25) is 10.0 Å². The van der Waals surface area contributed by atoms with Gasteiger partial charge in [-0.3, -0.25) is 0 Å². The van der Waals surface area contributed by atoms with E-state index in [2.05, 4.69) is 0 Å². The Labute approximate surface area is 134 Å². The number of sulfone groups is 1. The van der Waals surface area contributed by atoms with E-state index < -0.39 is 31.4 Å². The van der Waals surface area contributed by atoms with Crippen LogP contribution >= 0.6 is 0 Å². The number of carbonyl (C=O) groups is 1. The maximum absolute atomic E-state index is 12.7. The Bertz CT molecular complexity index is 822. The minimum absolute atomic E-state index is 0.205. The first kappa shape index (κ1) is 17.9. The lowest BCUT2D eigenvalue weighted by Gasteiger charge is -2.34. The lowest BCUT2D eigenvalue weighted by molar-refractivity contribution is -0.162. The van der Waals surface area contributed by atoms with Crippen molar-refractivity contribution in [1.29, 1.82) is 0 Å². The van der Waals surface area contributed by atoms with Gasteiger partial charge in [0.15, 0.2) is 15.4 Å². The molecule has 0 atom stereocenters. The lowest BCUT2D eigenvalue weighted by atomic mass is 9.93. The van der Waals surface area contributed by atoms with Crippen molar-refractivity contribution in [2.45, 2.75) is 28.2 Å². The van der Waals surface area contributed by atoms with Crippen molar-refractivity contribution in [2.75, 3.05) is 19.3 Å². The number of rotatable bonds is 4. The molecular weight excluding hydrogens is 346 g/mol. The molecule has 1 aliphatic rings. The standard InChI is InChI=1S/C13H17NO7S2/c1-22(18,19)10-4-2-3-5-11(10)23(20,21)14-8-6-13(17,7-9-14)12(15)16/h2-5,17H,6-9H2,1H3,(H,15,16). The van der Waals surface area contributed by atoms with Crippen LogP contribution in [0.2, 0.25) is 0 Å². The van der Waals surface area contributed by atoms with E-state index in [-0.39, 0.29) is 35.7 Å². The molecule has 1 aliphatic heterocycles. The van der Waals surface area contributed by atoms with E-state index in [0.717, 1.165) is 10.6 Å². The molecule has 0 amide bonds. The largest absolute Gasteiger partial charge is 0.479 e. The Kier molecular flexibility index (Phi) is 4.55. The normalized spacial score (nSPS) is 19.4. The van der Waals surface area contributed by atoms with E-state index >= 15 is 0 Å². The van der Waals surface area contributed by atoms with Crippen LogP contribution in [0.25, 0.3) is 0 Å². The number of nitrogens with zero attached hydrogens (tertiary/aromatic N) is 1. The molecular formula is C13H17NO7S2. The van der Waals surface area contributed by atoms with Crippen LogP contribution in [0.1, 0.15) is 12.8 Å². The summed E-state index contributed by atoms with van der Waals surface area (Å²) in [6, 6.07) is 5.25. The van der Waals surface area contributed by atoms with Crippen LogP contribution < -0.4 is 0 Å². The Hall–Kier alpha value is -1.49. The second-order valence-corrected chi connectivity index (χ2v) is 9.35. The maximum atomic E-state index is 12.7. The summed E-state index contributed by atoms with van der Waals surface area (Å²) in [4.78, 5) is 10.3. The molecule has 0 aromatic heterocycles. The number of piperidine rings is 1. The monoisotopic (exact) mass is 363 g/mol. The quantitative estimate of drug-likeness (QED) is 0.750. The number of benzene rings is 1. The first-order valence-electron chi connectivity index (χ1n) is 6.73. The minimum atomic E-state index is -4.10. The predicted molar refractivity (Wildman–Crippen MR) is 80.1 cm³/mol. The van der Waals surface area contributed by atoms with Crippen LogP contribution in [0.4, 0.5) is 0 Å². The fraction of sp³-hybridized carbons (Fsp3) is 0.462. The topological polar surface area (TPSA) is 129 Å². The summed E-state index contributed by atoms with van der Waals surface area (Å²) >= 11 is 0. The average Bonchev–Trinajstić information content (AvgIpc) is 2.46. The van der Waals surface area contributed by atoms with Gasteiger partial charge < -0.3 is 10.2 Å². The zero-order chi connectivity index (χ0) is 17.5. The number of carboxylic acid groups (broad SMARTS) is 1. The van der Waals surface area contributed by atoms with E-state index in [1.807, 2.05) is 0 Å². The number of carboxylic acids is 1. The van der Waals surface area contributed by atoms with Crippen molar-refractivity contribution in [2.24, 2.45) is 0 Å². The molecule has 1 fully saturated rings. The van der Waals surface area contributed by atoms with E-state index in [9.17, 15) is 26.7 Å². The Morgan fingerprint density at radius 3 is 2.00 bits per heavy atom. The minimum Gasteiger partial charge on any atom is -0.479 e. The number of sulfonamides is 1. The van der Waals surface area contributed by atoms with Gasteiger partial charge >= 0.3 is 5.97 Å². The molecule has 0 radical (unpaired) electrons. The fourth-order valence-corrected chi connectivity index (χ4v) is 5.46. The predicted octanol–water partition coefficient (Wildman–Crippen LogP) is -0.310. The second-order valence-electron chi connectivity index (χ2n) is 5.46. The molecule has 2 N–H and O–H groups in total. The highest BCUT2D eigenvalue weighted by molar-refractivity contribution is 7.93. The molecule has 1 aromatic carbocycles.